The Morgan fingerprint density at radius 1 is 0.967 bits per heavy atom. The lowest BCUT2D eigenvalue weighted by Crippen LogP contribution is -2.51. The SMILES string of the molecule is N#C/C(=C/c1ccc(OC(=O)C23CC4CC(CC(C4)C2)C3)cc1)c1ccc(Cl)cc1. The van der Waals surface area contributed by atoms with Gasteiger partial charge in [0, 0.05) is 5.02 Å². The van der Waals surface area contributed by atoms with Gasteiger partial charge < -0.3 is 4.74 Å². The van der Waals surface area contributed by atoms with Crippen LogP contribution < -0.4 is 4.74 Å². The largest absolute Gasteiger partial charge is 0.426 e. The molecule has 0 amide bonds. The van der Waals surface area contributed by atoms with Crippen molar-refractivity contribution in [2.75, 3.05) is 0 Å². The van der Waals surface area contributed by atoms with E-state index in [2.05, 4.69) is 6.07 Å². The third-order valence-corrected chi connectivity index (χ3v) is 7.40. The van der Waals surface area contributed by atoms with E-state index in [0.717, 1.165) is 30.4 Å². The van der Waals surface area contributed by atoms with E-state index in [4.69, 9.17) is 16.3 Å². The van der Waals surface area contributed by atoms with Gasteiger partial charge in [0.15, 0.2) is 0 Å². The molecule has 0 aliphatic heterocycles. The molecule has 4 heteroatoms. The Morgan fingerprint density at radius 2 is 1.53 bits per heavy atom. The minimum atomic E-state index is -0.254. The van der Waals surface area contributed by atoms with E-state index in [1.54, 1.807) is 12.1 Å². The molecule has 2 aromatic rings. The number of hydrogen-bond donors (Lipinski definition) is 0. The molecule has 152 valence electrons. The molecular formula is C26H24ClNO2. The van der Waals surface area contributed by atoms with Gasteiger partial charge in [0.25, 0.3) is 0 Å². The molecule has 4 aliphatic rings. The summed E-state index contributed by atoms with van der Waals surface area (Å²) >= 11 is 5.93. The highest BCUT2D eigenvalue weighted by atomic mass is 35.5. The van der Waals surface area contributed by atoms with Crippen LogP contribution in [0.5, 0.6) is 5.75 Å². The molecule has 0 radical (unpaired) electrons. The molecule has 0 N–H and O–H groups in total. The van der Waals surface area contributed by atoms with Crippen LogP contribution in [-0.4, -0.2) is 5.97 Å². The fourth-order valence-electron chi connectivity index (χ4n) is 6.18. The van der Waals surface area contributed by atoms with Crippen molar-refractivity contribution in [2.24, 2.45) is 23.2 Å². The predicted octanol–water partition coefficient (Wildman–Crippen LogP) is 6.53. The first-order valence-corrected chi connectivity index (χ1v) is 11.1. The van der Waals surface area contributed by atoms with Crippen molar-refractivity contribution in [2.45, 2.75) is 38.5 Å². The number of allylic oxidation sites excluding steroid dienone is 1. The van der Waals surface area contributed by atoms with Crippen molar-refractivity contribution in [3.8, 4) is 11.8 Å². The molecule has 4 bridgehead atoms. The van der Waals surface area contributed by atoms with Crippen molar-refractivity contribution in [3.63, 3.8) is 0 Å². The van der Waals surface area contributed by atoms with Crippen LogP contribution in [0.1, 0.15) is 49.7 Å². The fourth-order valence-corrected chi connectivity index (χ4v) is 6.31. The zero-order chi connectivity index (χ0) is 20.7. The highest BCUT2D eigenvalue weighted by Crippen LogP contribution is 2.60. The summed E-state index contributed by atoms with van der Waals surface area (Å²) in [4.78, 5) is 13.1. The molecule has 0 spiro atoms. The molecule has 0 atom stereocenters. The van der Waals surface area contributed by atoms with Gasteiger partial charge in [0.05, 0.1) is 17.1 Å². The Labute approximate surface area is 182 Å². The standard InChI is InChI=1S/C26H24ClNO2/c27-23-5-3-21(4-6-23)22(16-28)12-17-1-7-24(8-2-17)30-25(29)26-13-18-9-19(14-26)11-20(10-18)15-26/h1-8,12,18-20H,9-11,13-15H2/b22-12-. The maximum atomic E-state index is 13.1. The third-order valence-electron chi connectivity index (χ3n) is 7.15. The minimum Gasteiger partial charge on any atom is -0.426 e. The summed E-state index contributed by atoms with van der Waals surface area (Å²) in [5.74, 6) is 2.69. The van der Waals surface area contributed by atoms with Crippen LogP contribution in [0.4, 0.5) is 0 Å². The monoisotopic (exact) mass is 417 g/mol. The quantitative estimate of drug-likeness (QED) is 0.246. The summed E-state index contributed by atoms with van der Waals surface area (Å²) in [6, 6.07) is 16.9. The number of carbonyl (C=O) groups excluding carboxylic acids is 1. The average Bonchev–Trinajstić information content (AvgIpc) is 2.73. The van der Waals surface area contributed by atoms with Gasteiger partial charge >= 0.3 is 5.97 Å². The molecule has 30 heavy (non-hydrogen) atoms. The van der Waals surface area contributed by atoms with Crippen LogP contribution in [0.25, 0.3) is 11.6 Å². The summed E-state index contributed by atoms with van der Waals surface area (Å²) in [6.07, 6.45) is 8.77. The number of nitrogens with zero attached hydrogens (tertiary/aromatic N) is 1. The van der Waals surface area contributed by atoms with Gasteiger partial charge in [-0.3, -0.25) is 4.79 Å². The van der Waals surface area contributed by atoms with E-state index in [1.807, 2.05) is 42.5 Å². The number of hydrogen-bond acceptors (Lipinski definition) is 3. The molecule has 4 fully saturated rings. The normalized spacial score (nSPS) is 29.5. The van der Waals surface area contributed by atoms with Crippen LogP contribution >= 0.6 is 11.6 Å². The van der Waals surface area contributed by atoms with Gasteiger partial charge in [0.1, 0.15) is 5.75 Å². The van der Waals surface area contributed by atoms with Crippen LogP contribution in [0.15, 0.2) is 48.5 Å². The minimum absolute atomic E-state index is 0.0382. The number of benzene rings is 2. The summed E-state index contributed by atoms with van der Waals surface area (Å²) in [6.45, 7) is 0. The molecular weight excluding hydrogens is 394 g/mol. The zero-order valence-corrected chi connectivity index (χ0v) is 17.6. The second-order valence-corrected chi connectivity index (χ2v) is 9.77. The van der Waals surface area contributed by atoms with Crippen LogP contribution in [-0.2, 0) is 4.79 Å². The smallest absolute Gasteiger partial charge is 0.317 e. The lowest BCUT2D eigenvalue weighted by molar-refractivity contribution is -0.161. The lowest BCUT2D eigenvalue weighted by atomic mass is 9.49. The summed E-state index contributed by atoms with van der Waals surface area (Å²) in [5.41, 5.74) is 2.01. The summed E-state index contributed by atoms with van der Waals surface area (Å²) < 4.78 is 5.84. The number of carbonyl (C=O) groups is 1. The number of ether oxygens (including phenoxy) is 1. The first-order valence-electron chi connectivity index (χ1n) is 10.7. The van der Waals surface area contributed by atoms with Gasteiger partial charge in [-0.15, -0.1) is 0 Å². The molecule has 2 aromatic carbocycles. The summed E-state index contributed by atoms with van der Waals surface area (Å²) in [7, 11) is 0. The van der Waals surface area contributed by atoms with E-state index in [9.17, 15) is 10.1 Å². The van der Waals surface area contributed by atoms with Gasteiger partial charge in [-0.25, -0.2) is 0 Å². The van der Waals surface area contributed by atoms with Crippen molar-refractivity contribution in [1.82, 2.24) is 0 Å². The Bertz CT molecular complexity index is 995. The average molecular weight is 418 g/mol. The van der Waals surface area contributed by atoms with E-state index in [0.29, 0.717) is 34.1 Å². The van der Waals surface area contributed by atoms with E-state index >= 15 is 0 Å². The molecule has 0 heterocycles. The Balaban J connectivity index is 1.30. The number of nitriles is 1. The van der Waals surface area contributed by atoms with E-state index in [-0.39, 0.29) is 11.4 Å². The molecule has 4 aliphatic carbocycles. The Morgan fingerprint density at radius 3 is 2.07 bits per heavy atom. The van der Waals surface area contributed by atoms with Gasteiger partial charge in [-0.1, -0.05) is 35.9 Å². The molecule has 0 saturated heterocycles. The molecule has 3 nitrogen and oxygen atoms in total. The molecule has 0 aromatic heterocycles. The topological polar surface area (TPSA) is 50.1 Å². The summed E-state index contributed by atoms with van der Waals surface area (Å²) in [5, 5.41) is 10.2. The second kappa shape index (κ2) is 7.60. The number of halogens is 1. The molecule has 6 rings (SSSR count). The highest BCUT2D eigenvalue weighted by molar-refractivity contribution is 6.30. The Hall–Kier alpha value is -2.57. The Kier molecular flexibility index (Phi) is 4.91. The van der Waals surface area contributed by atoms with Crippen molar-refractivity contribution in [3.05, 3.63) is 64.7 Å². The van der Waals surface area contributed by atoms with Crippen molar-refractivity contribution >= 4 is 29.2 Å². The fraction of sp³-hybridized carbons (Fsp3) is 0.385. The maximum absolute atomic E-state index is 13.1. The van der Waals surface area contributed by atoms with Crippen LogP contribution in [0.3, 0.4) is 0 Å². The zero-order valence-electron chi connectivity index (χ0n) is 16.8. The van der Waals surface area contributed by atoms with Crippen LogP contribution in [0.2, 0.25) is 5.02 Å². The van der Waals surface area contributed by atoms with Gasteiger partial charge in [-0.2, -0.15) is 5.26 Å². The number of rotatable bonds is 4. The van der Waals surface area contributed by atoms with Crippen molar-refractivity contribution in [1.29, 1.82) is 5.26 Å². The first kappa shape index (κ1) is 19.4. The molecule has 0 unspecified atom stereocenters. The van der Waals surface area contributed by atoms with Crippen LogP contribution in [0, 0.1) is 34.5 Å². The first-order chi connectivity index (χ1) is 14.5. The van der Waals surface area contributed by atoms with E-state index < -0.39 is 0 Å². The third kappa shape index (κ3) is 3.66. The number of esters is 1. The lowest BCUT2D eigenvalue weighted by Gasteiger charge is -2.55. The second-order valence-electron chi connectivity index (χ2n) is 9.33. The predicted molar refractivity (Wildman–Crippen MR) is 118 cm³/mol. The maximum Gasteiger partial charge on any atom is 0.317 e. The molecule has 4 saturated carbocycles. The highest BCUT2D eigenvalue weighted by Gasteiger charge is 2.55. The van der Waals surface area contributed by atoms with Gasteiger partial charge in [-0.05, 0) is 97.7 Å². The van der Waals surface area contributed by atoms with E-state index in [1.165, 1.54) is 19.3 Å². The van der Waals surface area contributed by atoms with Crippen molar-refractivity contribution < 1.29 is 9.53 Å². The van der Waals surface area contributed by atoms with Gasteiger partial charge in [0.2, 0.25) is 0 Å².